The molecule has 2 rings (SSSR count). The summed E-state index contributed by atoms with van der Waals surface area (Å²) in [6.07, 6.45) is 0.237. The van der Waals surface area contributed by atoms with Crippen LogP contribution in [0.4, 0.5) is 5.69 Å². The van der Waals surface area contributed by atoms with Crippen molar-refractivity contribution in [2.24, 2.45) is 11.1 Å². The molecule has 21 heavy (non-hydrogen) atoms. The molecule has 116 valence electrons. The molecule has 1 aromatic carbocycles. The zero-order chi connectivity index (χ0) is 15.8. The first kappa shape index (κ1) is 16.2. The van der Waals surface area contributed by atoms with E-state index in [1.807, 2.05) is 0 Å². The third-order valence-corrected chi connectivity index (χ3v) is 6.14. The molecule has 0 radical (unpaired) electrons. The van der Waals surface area contributed by atoms with Gasteiger partial charge in [-0.1, -0.05) is 11.6 Å². The van der Waals surface area contributed by atoms with Crippen LogP contribution in [0.15, 0.2) is 23.1 Å². The van der Waals surface area contributed by atoms with Crippen LogP contribution in [-0.4, -0.2) is 34.2 Å². The lowest BCUT2D eigenvalue weighted by Gasteiger charge is -2.11. The van der Waals surface area contributed by atoms with Crippen molar-refractivity contribution in [1.82, 2.24) is 0 Å². The number of sulfone groups is 1. The van der Waals surface area contributed by atoms with E-state index in [2.05, 4.69) is 5.32 Å². The van der Waals surface area contributed by atoms with Gasteiger partial charge in [0.1, 0.15) is 0 Å². The maximum atomic E-state index is 12.0. The summed E-state index contributed by atoms with van der Waals surface area (Å²) in [4.78, 5) is 11.8. The second-order valence-corrected chi connectivity index (χ2v) is 8.97. The van der Waals surface area contributed by atoms with Crippen LogP contribution in [0.2, 0.25) is 5.02 Å². The number of nitrogens with two attached hydrogens (primary N) is 1. The fourth-order valence-corrected chi connectivity index (χ4v) is 4.46. The van der Waals surface area contributed by atoms with E-state index >= 15 is 0 Å². The number of benzene rings is 1. The number of rotatable bonds is 3. The third-order valence-electron chi connectivity index (χ3n) is 3.13. The molecule has 0 aromatic heterocycles. The lowest BCUT2D eigenvalue weighted by atomic mass is 10.1. The minimum absolute atomic E-state index is 0.0317. The van der Waals surface area contributed by atoms with Crippen LogP contribution in [0.1, 0.15) is 6.42 Å². The third kappa shape index (κ3) is 3.94. The Bertz CT molecular complexity index is 789. The number of anilines is 1. The largest absolute Gasteiger partial charge is 0.324 e. The van der Waals surface area contributed by atoms with Crippen molar-refractivity contribution in [2.75, 3.05) is 16.8 Å². The number of halogens is 1. The Hall–Kier alpha value is -1.16. The molecular weight excluding hydrogens is 340 g/mol. The molecule has 0 bridgehead atoms. The molecule has 7 nitrogen and oxygen atoms in total. The SMILES string of the molecule is NS(=O)(=O)c1ccc(Cl)c(NC(=O)C2CCS(=O)(=O)C2)c1. The molecule has 1 unspecified atom stereocenters. The van der Waals surface area contributed by atoms with E-state index in [1.54, 1.807) is 0 Å². The number of carbonyl (C=O) groups is 1. The van der Waals surface area contributed by atoms with Crippen molar-refractivity contribution in [3.63, 3.8) is 0 Å². The van der Waals surface area contributed by atoms with Gasteiger partial charge >= 0.3 is 0 Å². The molecule has 0 aliphatic carbocycles. The summed E-state index contributed by atoms with van der Waals surface area (Å²) in [7, 11) is -7.11. The summed E-state index contributed by atoms with van der Waals surface area (Å²) in [5, 5.41) is 7.58. The second-order valence-electron chi connectivity index (χ2n) is 4.78. The van der Waals surface area contributed by atoms with Crippen LogP contribution in [0.25, 0.3) is 0 Å². The molecule has 0 spiro atoms. The lowest BCUT2D eigenvalue weighted by molar-refractivity contribution is -0.119. The van der Waals surface area contributed by atoms with Gasteiger partial charge < -0.3 is 5.32 Å². The standard InChI is InChI=1S/C11H13ClN2O5S2/c12-9-2-1-8(21(13,18)19)5-10(9)14-11(15)7-3-4-20(16,17)6-7/h1-2,5,7H,3-4,6H2,(H,14,15)(H2,13,18,19). The lowest BCUT2D eigenvalue weighted by Crippen LogP contribution is -2.24. The predicted molar refractivity (Wildman–Crippen MR) is 78.2 cm³/mol. The zero-order valence-electron chi connectivity index (χ0n) is 10.7. The van der Waals surface area contributed by atoms with Crippen molar-refractivity contribution < 1.29 is 21.6 Å². The van der Waals surface area contributed by atoms with Crippen molar-refractivity contribution in [3.05, 3.63) is 23.2 Å². The molecule has 1 amide bonds. The summed E-state index contributed by atoms with van der Waals surface area (Å²) in [5.74, 6) is -1.42. The van der Waals surface area contributed by atoms with Crippen LogP contribution in [0.3, 0.4) is 0 Å². The van der Waals surface area contributed by atoms with E-state index < -0.39 is 31.7 Å². The van der Waals surface area contributed by atoms with Gasteiger partial charge in [-0.25, -0.2) is 22.0 Å². The van der Waals surface area contributed by atoms with Crippen molar-refractivity contribution >= 4 is 43.1 Å². The van der Waals surface area contributed by atoms with Crippen molar-refractivity contribution in [1.29, 1.82) is 0 Å². The fourth-order valence-electron chi connectivity index (χ4n) is 2.01. The molecule has 1 fully saturated rings. The molecule has 1 aliphatic rings. The summed E-state index contributed by atoms with van der Waals surface area (Å²) >= 11 is 5.88. The highest BCUT2D eigenvalue weighted by Crippen LogP contribution is 2.27. The maximum absolute atomic E-state index is 12.0. The van der Waals surface area contributed by atoms with Gasteiger partial charge in [-0.05, 0) is 24.6 Å². The Kier molecular flexibility index (Phi) is 4.29. The number of hydrogen-bond acceptors (Lipinski definition) is 5. The first-order valence-corrected chi connectivity index (χ1v) is 9.67. The number of carbonyl (C=O) groups excluding carboxylic acids is 1. The van der Waals surface area contributed by atoms with Crippen molar-refractivity contribution in [3.8, 4) is 0 Å². The maximum Gasteiger partial charge on any atom is 0.238 e. The fraction of sp³-hybridized carbons (Fsp3) is 0.364. The van der Waals surface area contributed by atoms with Crippen LogP contribution in [-0.2, 0) is 24.7 Å². The van der Waals surface area contributed by atoms with Gasteiger partial charge in [-0.2, -0.15) is 0 Å². The van der Waals surface area contributed by atoms with E-state index in [4.69, 9.17) is 16.7 Å². The van der Waals surface area contributed by atoms with Gasteiger partial charge in [0, 0.05) is 0 Å². The first-order valence-electron chi connectivity index (χ1n) is 5.92. The van der Waals surface area contributed by atoms with E-state index in [-0.39, 0.29) is 33.5 Å². The number of primary sulfonamides is 1. The normalized spacial score (nSPS) is 21.1. The van der Waals surface area contributed by atoms with Crippen LogP contribution in [0, 0.1) is 5.92 Å². The van der Waals surface area contributed by atoms with Crippen LogP contribution >= 0.6 is 11.6 Å². The molecule has 1 atom stereocenters. The molecule has 1 saturated heterocycles. The van der Waals surface area contributed by atoms with Gasteiger partial charge in [0.2, 0.25) is 15.9 Å². The monoisotopic (exact) mass is 352 g/mol. The molecule has 1 heterocycles. The van der Waals surface area contributed by atoms with Crippen molar-refractivity contribution in [2.45, 2.75) is 11.3 Å². The van der Waals surface area contributed by atoms with Crippen LogP contribution < -0.4 is 10.5 Å². The Morgan fingerprint density at radius 3 is 2.57 bits per heavy atom. The highest BCUT2D eigenvalue weighted by Gasteiger charge is 2.33. The quantitative estimate of drug-likeness (QED) is 0.812. The molecule has 10 heteroatoms. The minimum atomic E-state index is -3.92. The summed E-state index contributed by atoms with van der Waals surface area (Å²) in [6.45, 7) is 0. The highest BCUT2D eigenvalue weighted by atomic mass is 35.5. The van der Waals surface area contributed by atoms with E-state index in [0.29, 0.717) is 0 Å². The van der Waals surface area contributed by atoms with E-state index in [1.165, 1.54) is 12.1 Å². The summed E-state index contributed by atoms with van der Waals surface area (Å²) in [5.41, 5.74) is 0.0810. The predicted octanol–water partition coefficient (Wildman–Crippen LogP) is 0.361. The zero-order valence-corrected chi connectivity index (χ0v) is 13.1. The molecular formula is C11H13ClN2O5S2. The molecule has 0 saturated carbocycles. The van der Waals surface area contributed by atoms with Crippen LogP contribution in [0.5, 0.6) is 0 Å². The van der Waals surface area contributed by atoms with E-state index in [0.717, 1.165) is 6.07 Å². The molecule has 1 aliphatic heterocycles. The van der Waals surface area contributed by atoms with Gasteiger partial charge in [0.15, 0.2) is 9.84 Å². The molecule has 3 N–H and O–H groups in total. The van der Waals surface area contributed by atoms with Gasteiger partial charge in [-0.15, -0.1) is 0 Å². The average molecular weight is 353 g/mol. The summed E-state index contributed by atoms with van der Waals surface area (Å²) < 4.78 is 45.2. The number of sulfonamides is 1. The highest BCUT2D eigenvalue weighted by molar-refractivity contribution is 7.91. The van der Waals surface area contributed by atoms with Gasteiger partial charge in [0.25, 0.3) is 0 Å². The Labute approximate surface area is 127 Å². The number of hydrogen-bond donors (Lipinski definition) is 2. The number of nitrogens with one attached hydrogen (secondary N) is 1. The van der Waals surface area contributed by atoms with Gasteiger partial charge in [0.05, 0.1) is 33.0 Å². The number of amides is 1. The smallest absolute Gasteiger partial charge is 0.238 e. The average Bonchev–Trinajstić information content (AvgIpc) is 2.71. The van der Waals surface area contributed by atoms with Gasteiger partial charge in [-0.3, -0.25) is 4.79 Å². The molecule has 1 aromatic rings. The Morgan fingerprint density at radius 1 is 1.38 bits per heavy atom. The first-order chi connectivity index (χ1) is 9.58. The minimum Gasteiger partial charge on any atom is -0.324 e. The second kappa shape index (κ2) is 5.56. The Balaban J connectivity index is 2.22. The van der Waals surface area contributed by atoms with E-state index in [9.17, 15) is 21.6 Å². The summed E-state index contributed by atoms with van der Waals surface area (Å²) in [6, 6.07) is 3.65. The Morgan fingerprint density at radius 2 is 2.05 bits per heavy atom. The topological polar surface area (TPSA) is 123 Å².